The Hall–Kier alpha value is -3.48. The van der Waals surface area contributed by atoms with Crippen LogP contribution in [0.5, 0.6) is 5.75 Å². The van der Waals surface area contributed by atoms with Crippen LogP contribution >= 0.6 is 0 Å². The topological polar surface area (TPSA) is 93.2 Å². The van der Waals surface area contributed by atoms with E-state index in [1.807, 2.05) is 6.92 Å². The number of aromatic carboxylic acids is 1. The molecule has 1 N–H and O–H groups in total. The van der Waals surface area contributed by atoms with Gasteiger partial charge in [-0.15, -0.1) is 0 Å². The summed E-state index contributed by atoms with van der Waals surface area (Å²) in [5.74, 6) is -0.502. The third-order valence-electron chi connectivity index (χ3n) is 3.99. The fraction of sp³-hybridized carbons (Fsp3) is 0.158. The smallest absolute Gasteiger partial charge is 0.341 e. The van der Waals surface area contributed by atoms with E-state index in [1.54, 1.807) is 54.1 Å². The molecule has 2 aromatic carbocycles. The number of aromatic nitrogens is 1. The average molecular weight is 351 g/mol. The lowest BCUT2D eigenvalue weighted by atomic mass is 10.1. The van der Waals surface area contributed by atoms with Gasteiger partial charge in [0.05, 0.1) is 24.0 Å². The lowest BCUT2D eigenvalue weighted by Gasteiger charge is -2.10. The van der Waals surface area contributed by atoms with Crippen molar-refractivity contribution in [1.29, 1.82) is 0 Å². The predicted octanol–water partition coefficient (Wildman–Crippen LogP) is 4.14. The molecule has 0 aliphatic heterocycles. The van der Waals surface area contributed by atoms with E-state index < -0.39 is 11.4 Å². The number of hydrogen-bond acceptors (Lipinski definition) is 5. The van der Waals surface area contributed by atoms with E-state index in [4.69, 9.17) is 4.74 Å². The number of azo groups is 1. The Morgan fingerprint density at radius 3 is 2.38 bits per heavy atom. The molecule has 0 saturated carbocycles. The highest BCUT2D eigenvalue weighted by molar-refractivity contribution is 5.93. The van der Waals surface area contributed by atoms with Crippen LogP contribution in [-0.2, 0) is 6.54 Å². The number of benzene rings is 2. The predicted molar refractivity (Wildman–Crippen MR) is 98.0 cm³/mol. The van der Waals surface area contributed by atoms with E-state index in [2.05, 4.69) is 10.2 Å². The zero-order valence-corrected chi connectivity index (χ0v) is 14.3. The molecule has 1 aromatic heterocycles. The fourth-order valence-corrected chi connectivity index (χ4v) is 2.62. The number of rotatable bonds is 5. The van der Waals surface area contributed by atoms with Crippen molar-refractivity contribution in [3.63, 3.8) is 0 Å². The van der Waals surface area contributed by atoms with Gasteiger partial charge in [0.15, 0.2) is 0 Å². The maximum absolute atomic E-state index is 12.3. The Morgan fingerprint density at radius 2 is 1.77 bits per heavy atom. The largest absolute Gasteiger partial charge is 0.497 e. The molecule has 0 atom stereocenters. The van der Waals surface area contributed by atoms with Crippen LogP contribution < -0.4 is 10.2 Å². The van der Waals surface area contributed by atoms with E-state index in [0.29, 0.717) is 28.8 Å². The number of carboxylic acids is 1. The van der Waals surface area contributed by atoms with Crippen LogP contribution in [0.3, 0.4) is 0 Å². The fourth-order valence-electron chi connectivity index (χ4n) is 2.62. The van der Waals surface area contributed by atoms with Crippen LogP contribution in [0.1, 0.15) is 17.3 Å². The van der Waals surface area contributed by atoms with Crippen molar-refractivity contribution in [3.8, 4) is 5.75 Å². The molecule has 1 heterocycles. The van der Waals surface area contributed by atoms with Crippen molar-refractivity contribution < 1.29 is 14.6 Å². The highest BCUT2D eigenvalue weighted by atomic mass is 16.5. The van der Waals surface area contributed by atoms with E-state index in [-0.39, 0.29) is 5.56 Å². The molecule has 0 bridgehead atoms. The molecule has 0 amide bonds. The first-order valence-corrected chi connectivity index (χ1v) is 7.99. The first kappa shape index (κ1) is 17.3. The number of ether oxygens (including phenoxy) is 1. The van der Waals surface area contributed by atoms with Crippen molar-refractivity contribution in [2.45, 2.75) is 13.5 Å². The number of hydrogen-bond donors (Lipinski definition) is 1. The normalized spacial score (nSPS) is 11.2. The van der Waals surface area contributed by atoms with Crippen molar-refractivity contribution in [1.82, 2.24) is 4.57 Å². The number of methoxy groups -OCH3 is 1. The molecule has 7 nitrogen and oxygen atoms in total. The van der Waals surface area contributed by atoms with Gasteiger partial charge in [-0.25, -0.2) is 4.79 Å². The van der Waals surface area contributed by atoms with Crippen molar-refractivity contribution in [2.24, 2.45) is 10.2 Å². The molecule has 26 heavy (non-hydrogen) atoms. The summed E-state index contributed by atoms with van der Waals surface area (Å²) in [5, 5.41) is 17.9. The van der Waals surface area contributed by atoms with Gasteiger partial charge in [-0.05, 0) is 49.4 Å². The average Bonchev–Trinajstić information content (AvgIpc) is 2.66. The van der Waals surface area contributed by atoms with Crippen LogP contribution in [-0.4, -0.2) is 22.8 Å². The Labute approximate surface area is 149 Å². The third-order valence-corrected chi connectivity index (χ3v) is 3.99. The number of aryl methyl sites for hydroxylation is 1. The van der Waals surface area contributed by atoms with Crippen molar-refractivity contribution in [3.05, 3.63) is 64.4 Å². The molecule has 0 unspecified atom stereocenters. The molecule has 0 aliphatic carbocycles. The maximum Gasteiger partial charge on any atom is 0.341 e. The summed E-state index contributed by atoms with van der Waals surface area (Å²) in [4.78, 5) is 23.6. The minimum Gasteiger partial charge on any atom is -0.497 e. The lowest BCUT2D eigenvalue weighted by molar-refractivity contribution is 0.0695. The first-order chi connectivity index (χ1) is 12.5. The summed E-state index contributed by atoms with van der Waals surface area (Å²) in [7, 11) is 1.59. The molecule has 0 aliphatic rings. The maximum atomic E-state index is 12.3. The number of carbonyl (C=O) groups is 1. The summed E-state index contributed by atoms with van der Waals surface area (Å²) in [6.07, 6.45) is 1.36. The number of carboxylic acid groups (broad SMARTS) is 1. The molecule has 132 valence electrons. The van der Waals surface area contributed by atoms with Gasteiger partial charge in [-0.3, -0.25) is 4.79 Å². The van der Waals surface area contributed by atoms with Gasteiger partial charge in [-0.2, -0.15) is 10.2 Å². The minimum absolute atomic E-state index is 0.244. The van der Waals surface area contributed by atoms with Crippen molar-refractivity contribution >= 4 is 28.2 Å². The molecule has 0 spiro atoms. The number of nitrogens with zero attached hydrogens (tertiary/aromatic N) is 3. The van der Waals surface area contributed by atoms with Crippen LogP contribution in [0, 0.1) is 0 Å². The lowest BCUT2D eigenvalue weighted by Crippen LogP contribution is -2.18. The molecular weight excluding hydrogens is 334 g/mol. The molecule has 0 radical (unpaired) electrons. The summed E-state index contributed by atoms with van der Waals surface area (Å²) in [5.41, 5.74) is 1.11. The Morgan fingerprint density at radius 1 is 1.12 bits per heavy atom. The van der Waals surface area contributed by atoms with Gasteiger partial charge in [0.1, 0.15) is 11.3 Å². The van der Waals surface area contributed by atoms with Crippen LogP contribution in [0.4, 0.5) is 11.4 Å². The third kappa shape index (κ3) is 3.32. The highest BCUT2D eigenvalue weighted by Crippen LogP contribution is 2.24. The van der Waals surface area contributed by atoms with E-state index in [0.717, 1.165) is 5.75 Å². The summed E-state index contributed by atoms with van der Waals surface area (Å²) in [6.45, 7) is 2.40. The van der Waals surface area contributed by atoms with Gasteiger partial charge >= 0.3 is 5.97 Å². The highest BCUT2D eigenvalue weighted by Gasteiger charge is 2.14. The van der Waals surface area contributed by atoms with E-state index in [1.165, 1.54) is 6.20 Å². The molecule has 0 saturated heterocycles. The second-order valence-corrected chi connectivity index (χ2v) is 5.56. The minimum atomic E-state index is -1.23. The Balaban J connectivity index is 2.03. The second-order valence-electron chi connectivity index (χ2n) is 5.56. The summed E-state index contributed by atoms with van der Waals surface area (Å²) >= 11 is 0. The monoisotopic (exact) mass is 351 g/mol. The molecule has 7 heteroatoms. The van der Waals surface area contributed by atoms with Crippen LogP contribution in [0.25, 0.3) is 10.9 Å². The van der Waals surface area contributed by atoms with Gasteiger partial charge in [0.25, 0.3) is 0 Å². The molecule has 3 rings (SSSR count). The van der Waals surface area contributed by atoms with Gasteiger partial charge in [0, 0.05) is 18.1 Å². The molecular formula is C19H17N3O4. The first-order valence-electron chi connectivity index (χ1n) is 7.99. The summed E-state index contributed by atoms with van der Waals surface area (Å²) in [6, 6.07) is 12.1. The molecule has 3 aromatic rings. The standard InChI is InChI=1S/C19H17N3O4/c1-3-22-11-16(19(24)25)18(23)15-9-6-13(10-17(15)22)21-20-12-4-7-14(26-2)8-5-12/h4-11H,3H2,1-2H3,(H,24,25). The zero-order valence-electron chi connectivity index (χ0n) is 14.3. The second kappa shape index (κ2) is 7.18. The zero-order chi connectivity index (χ0) is 18.7. The Bertz CT molecular complexity index is 1050. The van der Waals surface area contributed by atoms with E-state index >= 15 is 0 Å². The van der Waals surface area contributed by atoms with Gasteiger partial charge in [0.2, 0.25) is 5.43 Å². The molecule has 0 fully saturated rings. The van der Waals surface area contributed by atoms with E-state index in [9.17, 15) is 14.7 Å². The van der Waals surface area contributed by atoms with Crippen LogP contribution in [0.2, 0.25) is 0 Å². The number of pyridine rings is 1. The number of fused-ring (bicyclic) bond motifs is 1. The van der Waals surface area contributed by atoms with Gasteiger partial charge in [-0.1, -0.05) is 0 Å². The Kier molecular flexibility index (Phi) is 4.79. The van der Waals surface area contributed by atoms with Crippen LogP contribution in [0.15, 0.2) is 63.7 Å². The van der Waals surface area contributed by atoms with Crippen molar-refractivity contribution in [2.75, 3.05) is 7.11 Å². The summed E-state index contributed by atoms with van der Waals surface area (Å²) < 4.78 is 6.81. The van der Waals surface area contributed by atoms with Gasteiger partial charge < -0.3 is 14.4 Å². The SMILES string of the molecule is CCn1cc(C(=O)O)c(=O)c2ccc(N=Nc3ccc(OC)cc3)cc21. The quantitative estimate of drug-likeness (QED) is 0.699.